The molecule has 2 saturated heterocycles. The third-order valence-corrected chi connectivity index (χ3v) is 7.59. The van der Waals surface area contributed by atoms with Crippen molar-refractivity contribution in [2.45, 2.75) is 108 Å². The first kappa shape index (κ1) is 34.6. The number of ether oxygens (including phenoxy) is 5. The van der Waals surface area contributed by atoms with Gasteiger partial charge >= 0.3 is 5.97 Å². The number of carbonyl (C=O) groups is 3. The lowest BCUT2D eigenvalue weighted by atomic mass is 9.86. The summed E-state index contributed by atoms with van der Waals surface area (Å²) in [5.74, 6) is -2.93. The maximum Gasteiger partial charge on any atom is 0.332 e. The van der Waals surface area contributed by atoms with Gasteiger partial charge in [-0.2, -0.15) is 0 Å². The highest BCUT2D eigenvalue weighted by Gasteiger charge is 2.52. The Morgan fingerprint density at radius 3 is 2.53 bits per heavy atom. The first-order valence-corrected chi connectivity index (χ1v) is 14.4. The van der Waals surface area contributed by atoms with Crippen LogP contribution in [0.2, 0.25) is 0 Å². The van der Waals surface area contributed by atoms with Crippen LogP contribution in [0.5, 0.6) is 0 Å². The second-order valence-electron chi connectivity index (χ2n) is 11.6. The highest BCUT2D eigenvalue weighted by molar-refractivity contribution is 5.91. The number of hydrogen-bond acceptors (Lipinski definition) is 11. The van der Waals surface area contributed by atoms with Gasteiger partial charge in [-0.05, 0) is 46.1 Å². The van der Waals surface area contributed by atoms with Crippen LogP contribution in [0.3, 0.4) is 0 Å². The van der Waals surface area contributed by atoms with Crippen LogP contribution in [0.25, 0.3) is 0 Å². The monoisotopic (exact) mass is 606 g/mol. The topological polar surface area (TPSA) is 199 Å². The number of nitrogens with two attached hydrogens (primary N) is 3. The van der Waals surface area contributed by atoms with Gasteiger partial charge in [-0.1, -0.05) is 36.4 Å². The maximum absolute atomic E-state index is 13.9. The minimum Gasteiger partial charge on any atom is -0.459 e. The van der Waals surface area contributed by atoms with E-state index >= 15 is 0 Å². The van der Waals surface area contributed by atoms with Gasteiger partial charge in [0.2, 0.25) is 11.8 Å². The Hall–Kier alpha value is -2.91. The molecular weight excluding hydrogens is 560 g/mol. The molecule has 1 unspecified atom stereocenters. The Balaban J connectivity index is 1.94. The van der Waals surface area contributed by atoms with Gasteiger partial charge in [0, 0.05) is 13.0 Å². The Labute approximate surface area is 252 Å². The molecule has 3 rings (SSSR count). The maximum atomic E-state index is 13.9. The molecule has 7 N–H and O–H groups in total. The number of fused-ring (bicyclic) bond motifs is 1. The average Bonchev–Trinajstić information content (AvgIpc) is 2.95. The van der Waals surface area contributed by atoms with Crippen LogP contribution < -0.4 is 17.2 Å². The second-order valence-corrected chi connectivity index (χ2v) is 11.6. The van der Waals surface area contributed by atoms with Crippen molar-refractivity contribution in [3.8, 4) is 0 Å². The molecule has 2 heterocycles. The molecule has 2 aliphatic heterocycles. The van der Waals surface area contributed by atoms with E-state index in [4.69, 9.17) is 40.9 Å². The minimum absolute atomic E-state index is 0.0477. The first-order valence-electron chi connectivity index (χ1n) is 14.4. The molecule has 13 heteroatoms. The number of primary amides is 1. The molecule has 0 aromatic heterocycles. The number of benzene rings is 1. The smallest absolute Gasteiger partial charge is 0.332 e. The summed E-state index contributed by atoms with van der Waals surface area (Å²) in [6.07, 6.45) is -3.23. The Morgan fingerprint density at radius 2 is 1.93 bits per heavy atom. The Kier molecular flexibility index (Phi) is 11.8. The Morgan fingerprint density at radius 1 is 1.26 bits per heavy atom. The van der Waals surface area contributed by atoms with Gasteiger partial charge < -0.3 is 50.9 Å². The fraction of sp³-hybridized carbons (Fsp3) is 0.633. The number of aliphatic hydroxyl groups is 1. The third kappa shape index (κ3) is 8.60. The SMILES string of the molecule is C=CC[C@@](CCC(N)=O)(C(=O)OCc1ccccc1)N(CC(C)O[C@@H]1[C@@H](N)[C@@H](O)O[C@@H]2COC(C)(C)O[C@@H]12)C(=O)[C@H](C)N. The normalized spacial score (nSPS) is 27.6. The van der Waals surface area contributed by atoms with Crippen molar-refractivity contribution in [1.29, 1.82) is 0 Å². The van der Waals surface area contributed by atoms with Crippen molar-refractivity contribution in [1.82, 2.24) is 4.90 Å². The highest BCUT2D eigenvalue weighted by atomic mass is 16.7. The molecule has 13 nitrogen and oxygen atoms in total. The van der Waals surface area contributed by atoms with Gasteiger partial charge in [-0.25, -0.2) is 4.79 Å². The van der Waals surface area contributed by atoms with Gasteiger partial charge in [-0.15, -0.1) is 6.58 Å². The summed E-state index contributed by atoms with van der Waals surface area (Å²) in [6, 6.07) is 7.05. The predicted octanol–water partition coefficient (Wildman–Crippen LogP) is 0.456. The molecule has 1 aromatic rings. The molecular formula is C30H46N4O9. The van der Waals surface area contributed by atoms with Gasteiger partial charge in [0.1, 0.15) is 30.5 Å². The zero-order chi connectivity index (χ0) is 31.9. The summed E-state index contributed by atoms with van der Waals surface area (Å²) in [5, 5.41) is 10.5. The first-order chi connectivity index (χ1) is 20.2. The molecule has 0 aliphatic carbocycles. The number of aliphatic hydroxyl groups excluding tert-OH is 1. The lowest BCUT2D eigenvalue weighted by molar-refractivity contribution is -0.368. The van der Waals surface area contributed by atoms with E-state index in [1.54, 1.807) is 32.9 Å². The molecule has 2 aliphatic rings. The van der Waals surface area contributed by atoms with Crippen LogP contribution in [0.15, 0.2) is 43.0 Å². The zero-order valence-corrected chi connectivity index (χ0v) is 25.3. The molecule has 2 amide bonds. The van der Waals surface area contributed by atoms with E-state index in [9.17, 15) is 19.5 Å². The van der Waals surface area contributed by atoms with Crippen molar-refractivity contribution < 1.29 is 43.2 Å². The number of esters is 1. The van der Waals surface area contributed by atoms with E-state index in [0.29, 0.717) is 0 Å². The van der Waals surface area contributed by atoms with E-state index in [1.807, 2.05) is 18.2 Å². The number of hydrogen-bond donors (Lipinski definition) is 4. The largest absolute Gasteiger partial charge is 0.459 e. The lowest BCUT2D eigenvalue weighted by Crippen LogP contribution is -2.68. The summed E-state index contributed by atoms with van der Waals surface area (Å²) in [6.45, 7) is 10.4. The highest BCUT2D eigenvalue weighted by Crippen LogP contribution is 2.34. The van der Waals surface area contributed by atoms with Crippen molar-refractivity contribution in [3.63, 3.8) is 0 Å². The molecule has 0 spiro atoms. The number of carbonyl (C=O) groups excluding carboxylic acids is 3. The van der Waals surface area contributed by atoms with Crippen LogP contribution in [-0.2, 0) is 44.7 Å². The molecule has 8 atom stereocenters. The van der Waals surface area contributed by atoms with Gasteiger partial charge in [0.25, 0.3) is 0 Å². The van der Waals surface area contributed by atoms with E-state index in [2.05, 4.69) is 6.58 Å². The lowest BCUT2D eigenvalue weighted by Gasteiger charge is -2.50. The molecule has 43 heavy (non-hydrogen) atoms. The third-order valence-electron chi connectivity index (χ3n) is 7.59. The molecule has 0 radical (unpaired) electrons. The summed E-state index contributed by atoms with van der Waals surface area (Å²) in [7, 11) is 0. The second kappa shape index (κ2) is 14.7. The van der Waals surface area contributed by atoms with Crippen molar-refractivity contribution in [3.05, 3.63) is 48.6 Å². The summed E-state index contributed by atoms with van der Waals surface area (Å²) in [5.41, 5.74) is 16.9. The van der Waals surface area contributed by atoms with Gasteiger partial charge in [0.15, 0.2) is 12.1 Å². The standard InChI is InChI=1S/C30H46N4O9/c1-6-13-30(14-12-22(32)35,28(38)39-16-20-10-8-7-9-11-20)34(26(36)19(3)31)15-18(2)41-25-23(33)27(37)42-21-17-40-29(4,5)43-24(21)25/h6-11,18-19,21,23-25,27,37H,1,12-17,31,33H2,2-5H3,(H2,32,35)/t18?,19-,21+,23+,24+,25+,27-,30+/m0/s1. The van der Waals surface area contributed by atoms with Gasteiger partial charge in [-0.3, -0.25) is 9.59 Å². The van der Waals surface area contributed by atoms with E-state index in [1.165, 1.54) is 17.9 Å². The molecule has 2 fully saturated rings. The van der Waals surface area contributed by atoms with Gasteiger partial charge in [0.05, 0.1) is 24.8 Å². The average molecular weight is 607 g/mol. The van der Waals surface area contributed by atoms with Crippen molar-refractivity contribution in [2.75, 3.05) is 13.2 Å². The van der Waals surface area contributed by atoms with Crippen LogP contribution >= 0.6 is 0 Å². The zero-order valence-electron chi connectivity index (χ0n) is 25.3. The molecule has 240 valence electrons. The van der Waals surface area contributed by atoms with Crippen LogP contribution in [0.4, 0.5) is 0 Å². The fourth-order valence-corrected chi connectivity index (χ4v) is 5.39. The molecule has 0 saturated carbocycles. The van der Waals surface area contributed by atoms with Crippen LogP contribution in [0, 0.1) is 0 Å². The van der Waals surface area contributed by atoms with Crippen LogP contribution in [0.1, 0.15) is 52.5 Å². The van der Waals surface area contributed by atoms with Crippen molar-refractivity contribution in [2.24, 2.45) is 17.2 Å². The quantitative estimate of drug-likeness (QED) is 0.169. The van der Waals surface area contributed by atoms with E-state index < -0.39 is 71.9 Å². The summed E-state index contributed by atoms with van der Waals surface area (Å²) in [4.78, 5) is 40.9. The summed E-state index contributed by atoms with van der Waals surface area (Å²) >= 11 is 0. The molecule has 0 bridgehead atoms. The number of nitrogens with zero attached hydrogens (tertiary/aromatic N) is 1. The van der Waals surface area contributed by atoms with E-state index in [-0.39, 0.29) is 39.0 Å². The Bertz CT molecular complexity index is 1120. The number of rotatable bonds is 14. The predicted molar refractivity (Wildman–Crippen MR) is 156 cm³/mol. The summed E-state index contributed by atoms with van der Waals surface area (Å²) < 4.78 is 29.4. The fourth-order valence-electron chi connectivity index (χ4n) is 5.39. The van der Waals surface area contributed by atoms with E-state index in [0.717, 1.165) is 5.56 Å². The van der Waals surface area contributed by atoms with Crippen molar-refractivity contribution >= 4 is 17.8 Å². The molecule has 1 aromatic carbocycles. The minimum atomic E-state index is -1.68. The number of amides is 2. The van der Waals surface area contributed by atoms with Crippen LogP contribution in [-0.4, -0.2) is 95.1 Å².